The molecule has 2 aromatic heterocycles. The molecule has 2 aliphatic carbocycles. The summed E-state index contributed by atoms with van der Waals surface area (Å²) in [6.07, 6.45) is 0. The molecule has 0 unspecified atom stereocenters. The Balaban J connectivity index is 0.000000155. The lowest BCUT2D eigenvalue weighted by Crippen LogP contribution is -2.30. The zero-order chi connectivity index (χ0) is 39.9. The molecule has 7 aromatic rings. The smallest absolute Gasteiger partial charge is 0.287 e. The van der Waals surface area contributed by atoms with Gasteiger partial charge in [-0.3, -0.25) is 19.2 Å². The van der Waals surface area contributed by atoms with Crippen LogP contribution in [0.2, 0.25) is 0 Å². The van der Waals surface area contributed by atoms with Crippen molar-refractivity contribution >= 4 is 88.9 Å². The first kappa shape index (κ1) is 40.1. The molecule has 2 heterocycles. The summed E-state index contributed by atoms with van der Waals surface area (Å²) in [5, 5.41) is 10.4. The predicted octanol–water partition coefficient (Wildman–Crippen LogP) is 13.1. The highest BCUT2D eigenvalue weighted by atomic mass is 32.1. The van der Waals surface area contributed by atoms with Crippen LogP contribution in [0.4, 0.5) is 17.6 Å². The van der Waals surface area contributed by atoms with Crippen molar-refractivity contribution in [3.05, 3.63) is 127 Å². The van der Waals surface area contributed by atoms with Crippen molar-refractivity contribution in [1.82, 2.24) is 0 Å². The Morgan fingerprint density at radius 2 is 0.648 bits per heavy atom. The first-order chi connectivity index (χ1) is 25.6. The third-order valence-corrected chi connectivity index (χ3v) is 11.7. The second-order valence-corrected chi connectivity index (χ2v) is 14.8. The summed E-state index contributed by atoms with van der Waals surface area (Å²) in [5.74, 6) is -13.1. The van der Waals surface area contributed by atoms with E-state index in [1.165, 1.54) is 43.1 Å². The quantitative estimate of drug-likeness (QED) is 0.0875. The molecule has 0 radical (unpaired) electrons. The van der Waals surface area contributed by atoms with Crippen molar-refractivity contribution < 1.29 is 36.7 Å². The summed E-state index contributed by atoms with van der Waals surface area (Å²) < 4.78 is 51.9. The highest BCUT2D eigenvalue weighted by Gasteiger charge is 2.58. The van der Waals surface area contributed by atoms with Crippen molar-refractivity contribution in [2.75, 3.05) is 0 Å². The first-order valence-electron chi connectivity index (χ1n) is 17.5. The number of Topliss-reactive ketones (excluding diaryl/α,β-unsaturated/α-hetero) is 4. The minimum absolute atomic E-state index is 0.0810. The maximum atomic E-state index is 13.0. The Morgan fingerprint density at radius 3 is 0.889 bits per heavy atom. The minimum atomic E-state index is -3.83. The molecule has 0 N–H and O–H groups in total. The van der Waals surface area contributed by atoms with Crippen LogP contribution in [0.15, 0.2) is 84.9 Å². The molecule has 5 aromatic carbocycles. The Hall–Kier alpha value is -5.06. The van der Waals surface area contributed by atoms with E-state index >= 15 is 0 Å². The number of fused-ring (bicyclic) bond motifs is 6. The van der Waals surface area contributed by atoms with Gasteiger partial charge < -0.3 is 0 Å². The van der Waals surface area contributed by atoms with Crippen molar-refractivity contribution in [1.29, 1.82) is 0 Å². The monoisotopic (exact) mass is 770 g/mol. The Bertz CT molecular complexity index is 2360. The molecule has 0 saturated heterocycles. The first-order valence-corrected chi connectivity index (χ1v) is 19.1. The maximum absolute atomic E-state index is 13.0. The number of benzene rings is 5. The summed E-state index contributed by atoms with van der Waals surface area (Å²) in [6, 6.07) is 30.9. The Morgan fingerprint density at radius 1 is 0.407 bits per heavy atom. The van der Waals surface area contributed by atoms with Crippen molar-refractivity contribution in [3.8, 4) is 0 Å². The number of rotatable bonds is 0. The van der Waals surface area contributed by atoms with Crippen LogP contribution in [0, 0.1) is 27.7 Å². The van der Waals surface area contributed by atoms with Gasteiger partial charge in [0.2, 0.25) is 11.6 Å². The Kier molecular flexibility index (Phi) is 11.4. The van der Waals surface area contributed by atoms with Crippen molar-refractivity contribution in [2.24, 2.45) is 0 Å². The fraction of sp³-hybridized carbons (Fsp3) is 0.227. The SMILES string of the molecule is CC.CC.Cc1sc2c(c1C)C(=O)C(F)(F)C2=O.Cc1sc2c(c1C)C(=O)C(F)(F)C2=O.c1ccc2cc3cc4cc5ccccc5cc4cc3cc2c1. The third kappa shape index (κ3) is 6.77. The van der Waals surface area contributed by atoms with E-state index in [-0.39, 0.29) is 20.9 Å². The molecule has 54 heavy (non-hydrogen) atoms. The van der Waals surface area contributed by atoms with Gasteiger partial charge in [0.25, 0.3) is 11.6 Å². The molecule has 9 rings (SSSR count). The van der Waals surface area contributed by atoms with E-state index in [0.717, 1.165) is 32.4 Å². The highest BCUT2D eigenvalue weighted by molar-refractivity contribution is 7.15. The number of ketones is 4. The molecule has 278 valence electrons. The summed E-state index contributed by atoms with van der Waals surface area (Å²) >= 11 is 1.93. The van der Waals surface area contributed by atoms with Crippen LogP contribution in [-0.2, 0) is 0 Å². The Labute approximate surface area is 318 Å². The van der Waals surface area contributed by atoms with Gasteiger partial charge in [-0.25, -0.2) is 0 Å². The largest absolute Gasteiger partial charge is 0.372 e. The molecule has 0 saturated carbocycles. The topological polar surface area (TPSA) is 68.3 Å². The molecule has 0 aliphatic heterocycles. The van der Waals surface area contributed by atoms with E-state index in [1.54, 1.807) is 27.7 Å². The van der Waals surface area contributed by atoms with Crippen molar-refractivity contribution in [2.45, 2.75) is 67.2 Å². The van der Waals surface area contributed by atoms with Crippen molar-refractivity contribution in [3.63, 3.8) is 0 Å². The van der Waals surface area contributed by atoms with Gasteiger partial charge in [-0.1, -0.05) is 76.2 Å². The lowest BCUT2D eigenvalue weighted by atomic mass is 9.97. The second kappa shape index (κ2) is 15.4. The molecule has 0 bridgehead atoms. The fourth-order valence-corrected chi connectivity index (χ4v) is 8.57. The highest BCUT2D eigenvalue weighted by Crippen LogP contribution is 2.42. The van der Waals surface area contributed by atoms with Gasteiger partial charge in [-0.15, -0.1) is 22.7 Å². The number of halogens is 4. The van der Waals surface area contributed by atoms with E-state index in [1.807, 2.05) is 27.7 Å². The number of hydrogen-bond acceptors (Lipinski definition) is 6. The minimum Gasteiger partial charge on any atom is -0.287 e. The third-order valence-electron chi connectivity index (χ3n) is 9.30. The normalized spacial score (nSPS) is 14.7. The molecule has 2 aliphatic rings. The summed E-state index contributed by atoms with van der Waals surface area (Å²) in [7, 11) is 0. The van der Waals surface area contributed by atoms with E-state index in [0.29, 0.717) is 11.1 Å². The molecule has 0 fully saturated rings. The van der Waals surface area contributed by atoms with Gasteiger partial charge in [0, 0.05) is 20.9 Å². The van der Waals surface area contributed by atoms with Crippen LogP contribution in [-0.4, -0.2) is 35.0 Å². The van der Waals surface area contributed by atoms with Crippen LogP contribution in [0.25, 0.3) is 43.1 Å². The second-order valence-electron chi connectivity index (χ2n) is 12.4. The van der Waals surface area contributed by atoms with Gasteiger partial charge >= 0.3 is 11.8 Å². The molecular formula is C44H38F4O4S2. The number of aryl methyl sites for hydroxylation is 2. The van der Waals surface area contributed by atoms with Gasteiger partial charge in [0.15, 0.2) is 0 Å². The van der Waals surface area contributed by atoms with Crippen LogP contribution >= 0.6 is 22.7 Å². The summed E-state index contributed by atoms with van der Waals surface area (Å²) in [4.78, 5) is 46.0. The average molecular weight is 771 g/mol. The summed E-state index contributed by atoms with van der Waals surface area (Å²) in [6.45, 7) is 14.6. The van der Waals surface area contributed by atoms with Crippen LogP contribution in [0.1, 0.15) is 88.6 Å². The molecule has 10 heteroatoms. The predicted molar refractivity (Wildman–Crippen MR) is 214 cm³/mol. The summed E-state index contributed by atoms with van der Waals surface area (Å²) in [5.41, 5.74) is 0.839. The fourth-order valence-electron chi connectivity index (χ4n) is 6.31. The van der Waals surface area contributed by atoms with E-state index in [4.69, 9.17) is 0 Å². The molecule has 0 amide bonds. The van der Waals surface area contributed by atoms with Gasteiger partial charge in [-0.2, -0.15) is 17.6 Å². The number of carbonyl (C=O) groups is 4. The van der Waals surface area contributed by atoms with Crippen LogP contribution in [0.3, 0.4) is 0 Å². The molecule has 4 nitrogen and oxygen atoms in total. The number of hydrogen-bond donors (Lipinski definition) is 0. The van der Waals surface area contributed by atoms with Gasteiger partial charge in [0.1, 0.15) is 0 Å². The van der Waals surface area contributed by atoms with Gasteiger partial charge in [0.05, 0.1) is 9.75 Å². The molecule has 0 spiro atoms. The molecular weight excluding hydrogens is 733 g/mol. The number of thiophene rings is 2. The van der Waals surface area contributed by atoms with Crippen LogP contribution in [0.5, 0.6) is 0 Å². The number of carbonyl (C=O) groups excluding carboxylic acids is 4. The van der Waals surface area contributed by atoms with E-state index in [9.17, 15) is 36.7 Å². The average Bonchev–Trinajstić information content (AvgIpc) is 3.75. The van der Waals surface area contributed by atoms with E-state index in [2.05, 4.69) is 84.9 Å². The lowest BCUT2D eigenvalue weighted by Gasteiger charge is -2.07. The maximum Gasteiger partial charge on any atom is 0.372 e. The zero-order valence-electron chi connectivity index (χ0n) is 31.0. The van der Waals surface area contributed by atoms with Crippen LogP contribution < -0.4 is 0 Å². The zero-order valence-corrected chi connectivity index (χ0v) is 32.7. The van der Waals surface area contributed by atoms with E-state index < -0.39 is 35.0 Å². The van der Waals surface area contributed by atoms with Gasteiger partial charge in [-0.05, 0) is 118 Å². The standard InChI is InChI=1S/C22H14.2C9H6F2O2S.2C2H6/c1-2-6-16-10-20-14-22-12-18-8-4-3-7-17(18)11-21(22)13-19(20)9-15(16)5-1;2*1-3-4(2)14-6-5(3)7(12)9(10,11)8(6)13;2*1-2/h1-14H;2*1-2H3;2*1-2H3. The number of alkyl halides is 4. The lowest BCUT2D eigenvalue weighted by molar-refractivity contribution is 0.0187. The molecule has 0 atom stereocenters.